The molecule has 0 amide bonds. The molecule has 5 aromatic carbocycles. The molecule has 0 heteroatoms. The highest BCUT2D eigenvalue weighted by molar-refractivity contribution is 5.86. The third kappa shape index (κ3) is 5.49. The normalized spacial score (nSPS) is 10.4. The van der Waals surface area contributed by atoms with Gasteiger partial charge in [0.2, 0.25) is 0 Å². The van der Waals surface area contributed by atoms with E-state index in [1.807, 2.05) is 18.2 Å². The number of benzene rings is 5. The van der Waals surface area contributed by atoms with Crippen molar-refractivity contribution in [1.29, 1.82) is 0 Å². The second kappa shape index (κ2) is 9.91. The lowest BCUT2D eigenvalue weighted by Gasteiger charge is -2.08. The summed E-state index contributed by atoms with van der Waals surface area (Å²) in [4.78, 5) is 0. The van der Waals surface area contributed by atoms with Crippen molar-refractivity contribution in [3.05, 3.63) is 144 Å². The SMILES string of the molecule is Cc1ccc(-c2ccc(Cc3cccc4ccccc34)cc2)cc1.Cc1ccccc1. The second-order valence-electron chi connectivity index (χ2n) is 8.03. The highest BCUT2D eigenvalue weighted by Crippen LogP contribution is 2.24. The van der Waals surface area contributed by atoms with Gasteiger partial charge >= 0.3 is 0 Å². The van der Waals surface area contributed by atoms with Crippen molar-refractivity contribution < 1.29 is 0 Å². The van der Waals surface area contributed by atoms with E-state index >= 15 is 0 Å². The summed E-state index contributed by atoms with van der Waals surface area (Å²) in [5, 5.41) is 2.66. The number of aryl methyl sites for hydroxylation is 2. The van der Waals surface area contributed by atoms with Gasteiger partial charge in [0.1, 0.15) is 0 Å². The zero-order valence-corrected chi connectivity index (χ0v) is 18.3. The molecule has 0 aromatic heterocycles. The third-order valence-corrected chi connectivity index (χ3v) is 5.55. The van der Waals surface area contributed by atoms with E-state index in [4.69, 9.17) is 0 Å². The van der Waals surface area contributed by atoms with Crippen LogP contribution in [0.4, 0.5) is 0 Å². The Kier molecular flexibility index (Phi) is 6.59. The van der Waals surface area contributed by atoms with E-state index in [1.54, 1.807) is 0 Å². The number of hydrogen-bond acceptors (Lipinski definition) is 0. The predicted molar refractivity (Wildman–Crippen MR) is 135 cm³/mol. The maximum absolute atomic E-state index is 2.25. The molecule has 5 rings (SSSR count). The van der Waals surface area contributed by atoms with Crippen molar-refractivity contribution in [2.45, 2.75) is 20.3 Å². The van der Waals surface area contributed by atoms with Gasteiger partial charge in [0, 0.05) is 0 Å². The minimum atomic E-state index is 0.968. The summed E-state index contributed by atoms with van der Waals surface area (Å²) >= 11 is 0. The van der Waals surface area contributed by atoms with E-state index in [0.29, 0.717) is 0 Å². The lowest BCUT2D eigenvalue weighted by atomic mass is 9.97. The summed E-state index contributed by atoms with van der Waals surface area (Å²) in [6, 6.07) is 43.1. The Morgan fingerprint density at radius 3 is 1.65 bits per heavy atom. The first-order valence-electron chi connectivity index (χ1n) is 10.8. The van der Waals surface area contributed by atoms with Crippen LogP contribution in [0, 0.1) is 13.8 Å². The molecule has 0 fully saturated rings. The highest BCUT2D eigenvalue weighted by Gasteiger charge is 2.03. The monoisotopic (exact) mass is 400 g/mol. The number of rotatable bonds is 3. The minimum Gasteiger partial charge on any atom is -0.0622 e. The van der Waals surface area contributed by atoms with Gasteiger partial charge in [0.15, 0.2) is 0 Å². The topological polar surface area (TPSA) is 0 Å². The Hall–Kier alpha value is -3.64. The van der Waals surface area contributed by atoms with Gasteiger partial charge in [0.25, 0.3) is 0 Å². The first-order valence-corrected chi connectivity index (χ1v) is 10.8. The first-order chi connectivity index (χ1) is 15.2. The summed E-state index contributed by atoms with van der Waals surface area (Å²) in [6.45, 7) is 4.21. The minimum absolute atomic E-state index is 0.968. The van der Waals surface area contributed by atoms with Gasteiger partial charge in [-0.3, -0.25) is 0 Å². The van der Waals surface area contributed by atoms with Crippen LogP contribution in [-0.2, 0) is 6.42 Å². The van der Waals surface area contributed by atoms with Crippen molar-refractivity contribution in [3.8, 4) is 11.1 Å². The molecule has 0 aliphatic rings. The summed E-state index contributed by atoms with van der Waals surface area (Å²) in [5.41, 5.74) is 7.90. The quantitative estimate of drug-likeness (QED) is 0.285. The summed E-state index contributed by atoms with van der Waals surface area (Å²) in [5.74, 6) is 0. The predicted octanol–water partition coefficient (Wildman–Crippen LogP) is 8.40. The maximum atomic E-state index is 2.25. The Morgan fingerprint density at radius 2 is 1.00 bits per heavy atom. The van der Waals surface area contributed by atoms with E-state index in [2.05, 4.69) is 117 Å². The molecule has 0 aliphatic heterocycles. The summed E-state index contributed by atoms with van der Waals surface area (Å²) in [7, 11) is 0. The molecule has 0 unspecified atom stereocenters. The average Bonchev–Trinajstić information content (AvgIpc) is 2.81. The van der Waals surface area contributed by atoms with Crippen LogP contribution in [0.5, 0.6) is 0 Å². The van der Waals surface area contributed by atoms with Crippen molar-refractivity contribution >= 4 is 10.8 Å². The molecule has 0 aliphatic carbocycles. The molecular formula is C31H28. The summed E-state index contributed by atoms with van der Waals surface area (Å²) in [6.07, 6.45) is 0.968. The smallest absolute Gasteiger partial charge is 0.00196 e. The van der Waals surface area contributed by atoms with Crippen LogP contribution in [-0.4, -0.2) is 0 Å². The summed E-state index contributed by atoms with van der Waals surface area (Å²) < 4.78 is 0. The molecule has 0 spiro atoms. The second-order valence-corrected chi connectivity index (χ2v) is 8.03. The van der Waals surface area contributed by atoms with E-state index in [0.717, 1.165) is 6.42 Å². The Morgan fingerprint density at radius 1 is 0.452 bits per heavy atom. The molecule has 31 heavy (non-hydrogen) atoms. The molecule has 5 aromatic rings. The van der Waals surface area contributed by atoms with Gasteiger partial charge in [-0.2, -0.15) is 0 Å². The van der Waals surface area contributed by atoms with Gasteiger partial charge in [-0.05, 0) is 53.3 Å². The molecule has 0 bridgehead atoms. The molecule has 0 atom stereocenters. The fourth-order valence-corrected chi connectivity index (χ4v) is 3.76. The Balaban J connectivity index is 0.000000282. The highest BCUT2D eigenvalue weighted by atomic mass is 14.1. The molecule has 0 nitrogen and oxygen atoms in total. The average molecular weight is 401 g/mol. The third-order valence-electron chi connectivity index (χ3n) is 5.55. The van der Waals surface area contributed by atoms with Crippen LogP contribution >= 0.6 is 0 Å². The van der Waals surface area contributed by atoms with Gasteiger partial charge in [-0.15, -0.1) is 0 Å². The van der Waals surface area contributed by atoms with Crippen LogP contribution in [0.25, 0.3) is 21.9 Å². The molecule has 152 valence electrons. The zero-order valence-electron chi connectivity index (χ0n) is 18.3. The van der Waals surface area contributed by atoms with Gasteiger partial charge in [-0.1, -0.05) is 132 Å². The van der Waals surface area contributed by atoms with Crippen molar-refractivity contribution in [1.82, 2.24) is 0 Å². The lowest BCUT2D eigenvalue weighted by Crippen LogP contribution is -1.90. The van der Waals surface area contributed by atoms with Crippen molar-refractivity contribution in [2.75, 3.05) is 0 Å². The van der Waals surface area contributed by atoms with E-state index in [9.17, 15) is 0 Å². The van der Waals surface area contributed by atoms with E-state index < -0.39 is 0 Å². The zero-order chi connectivity index (χ0) is 21.5. The first kappa shape index (κ1) is 20.6. The molecular weight excluding hydrogens is 372 g/mol. The van der Waals surface area contributed by atoms with E-state index in [-0.39, 0.29) is 0 Å². The van der Waals surface area contributed by atoms with Gasteiger partial charge in [0.05, 0.1) is 0 Å². The molecule has 0 heterocycles. The number of fused-ring (bicyclic) bond motifs is 1. The van der Waals surface area contributed by atoms with Gasteiger partial charge in [-0.25, -0.2) is 0 Å². The lowest BCUT2D eigenvalue weighted by molar-refractivity contribution is 1.21. The fraction of sp³-hybridized carbons (Fsp3) is 0.0968. The van der Waals surface area contributed by atoms with Crippen LogP contribution in [0.1, 0.15) is 22.3 Å². The number of hydrogen-bond donors (Lipinski definition) is 0. The van der Waals surface area contributed by atoms with Crippen LogP contribution < -0.4 is 0 Å². The largest absolute Gasteiger partial charge is 0.0622 e. The maximum Gasteiger partial charge on any atom is -0.00196 e. The molecule has 0 saturated heterocycles. The van der Waals surface area contributed by atoms with E-state index in [1.165, 1.54) is 44.2 Å². The molecule has 0 N–H and O–H groups in total. The van der Waals surface area contributed by atoms with Crippen LogP contribution in [0.2, 0.25) is 0 Å². The fourth-order valence-electron chi connectivity index (χ4n) is 3.76. The van der Waals surface area contributed by atoms with Crippen molar-refractivity contribution in [3.63, 3.8) is 0 Å². The van der Waals surface area contributed by atoms with Crippen LogP contribution in [0.15, 0.2) is 121 Å². The molecule has 0 radical (unpaired) electrons. The Bertz CT molecular complexity index is 1230. The van der Waals surface area contributed by atoms with Crippen LogP contribution in [0.3, 0.4) is 0 Å². The standard InChI is InChI=1S/C24H20.C7H8/c1-18-9-13-20(14-10-18)21-15-11-19(12-16-21)17-23-7-4-6-22-5-2-3-8-24(22)23;1-7-5-3-2-4-6-7/h2-16H,17H2,1H3;2-6H,1H3. The molecule has 0 saturated carbocycles. The van der Waals surface area contributed by atoms with Gasteiger partial charge < -0.3 is 0 Å². The Labute approximate surface area is 185 Å². The van der Waals surface area contributed by atoms with Crippen molar-refractivity contribution in [2.24, 2.45) is 0 Å².